The zero-order chi connectivity index (χ0) is 21.6. The Bertz CT molecular complexity index is 959. The van der Waals surface area contributed by atoms with Crippen LogP contribution in [0.2, 0.25) is 0 Å². The Kier molecular flexibility index (Phi) is 7.50. The first-order valence-electron chi connectivity index (χ1n) is 9.28. The van der Waals surface area contributed by atoms with Crippen LogP contribution in [-0.4, -0.2) is 41.3 Å². The van der Waals surface area contributed by atoms with E-state index in [2.05, 4.69) is 5.32 Å². The summed E-state index contributed by atoms with van der Waals surface area (Å²) in [7, 11) is -0.534. The maximum Gasteiger partial charge on any atom is 0.241 e. The summed E-state index contributed by atoms with van der Waals surface area (Å²) in [5.41, 5.74) is 2.10. The number of anilines is 1. The second-order valence-corrected chi connectivity index (χ2v) is 8.56. The van der Waals surface area contributed by atoms with Gasteiger partial charge in [0.25, 0.3) is 0 Å². The number of ether oxygens (including phenoxy) is 2. The highest BCUT2D eigenvalue weighted by atomic mass is 32.2. The van der Waals surface area contributed by atoms with Crippen molar-refractivity contribution in [2.24, 2.45) is 0 Å². The number of aryl methyl sites for hydroxylation is 1. The zero-order valence-electron chi connectivity index (χ0n) is 17.4. The molecule has 29 heavy (non-hydrogen) atoms. The molecule has 0 aromatic heterocycles. The molecule has 0 unspecified atom stereocenters. The monoisotopic (exact) mass is 420 g/mol. The van der Waals surface area contributed by atoms with Crippen LogP contribution < -0.4 is 19.1 Å². The van der Waals surface area contributed by atoms with E-state index >= 15 is 0 Å². The van der Waals surface area contributed by atoms with Crippen molar-refractivity contribution in [3.63, 3.8) is 0 Å². The highest BCUT2D eigenvalue weighted by molar-refractivity contribution is 7.92. The van der Waals surface area contributed by atoms with Crippen molar-refractivity contribution in [3.05, 3.63) is 53.6 Å². The van der Waals surface area contributed by atoms with Crippen molar-refractivity contribution >= 4 is 21.6 Å². The number of para-hydroxylation sites is 1. The molecule has 2 rings (SSSR count). The molecule has 0 fully saturated rings. The van der Waals surface area contributed by atoms with Crippen LogP contribution in [0.15, 0.2) is 42.5 Å². The molecule has 0 aliphatic rings. The number of hydrogen-bond acceptors (Lipinski definition) is 5. The number of carbonyl (C=O) groups excluding carboxylic acids is 1. The number of methoxy groups -OCH3 is 2. The van der Waals surface area contributed by atoms with Crippen LogP contribution in [0, 0.1) is 0 Å². The van der Waals surface area contributed by atoms with Crippen molar-refractivity contribution in [2.45, 2.75) is 26.3 Å². The lowest BCUT2D eigenvalue weighted by molar-refractivity contribution is -0.120. The summed E-state index contributed by atoms with van der Waals surface area (Å²) in [4.78, 5) is 12.7. The van der Waals surface area contributed by atoms with E-state index in [1.54, 1.807) is 51.5 Å². The minimum Gasteiger partial charge on any atom is -0.497 e. The van der Waals surface area contributed by atoms with Gasteiger partial charge in [-0.15, -0.1) is 0 Å². The molecule has 1 N–H and O–H groups in total. The summed E-state index contributed by atoms with van der Waals surface area (Å²) in [5.74, 6) is 0.824. The van der Waals surface area contributed by atoms with Crippen molar-refractivity contribution in [3.8, 4) is 11.5 Å². The van der Waals surface area contributed by atoms with Gasteiger partial charge in [-0.25, -0.2) is 8.42 Å². The molecule has 0 bridgehead atoms. The molecule has 2 aromatic carbocycles. The fourth-order valence-corrected chi connectivity index (χ4v) is 3.99. The first-order valence-corrected chi connectivity index (χ1v) is 11.1. The number of amides is 1. The molecule has 158 valence electrons. The average molecular weight is 421 g/mol. The molecule has 1 amide bonds. The van der Waals surface area contributed by atoms with Gasteiger partial charge in [0.2, 0.25) is 15.9 Å². The Balaban J connectivity index is 2.25. The number of carbonyl (C=O) groups is 1. The number of rotatable bonds is 9. The summed E-state index contributed by atoms with van der Waals surface area (Å²) < 4.78 is 36.5. The van der Waals surface area contributed by atoms with Crippen molar-refractivity contribution in [2.75, 3.05) is 31.3 Å². The second-order valence-electron chi connectivity index (χ2n) is 6.65. The number of nitrogens with one attached hydrogen (secondary N) is 1. The van der Waals surface area contributed by atoms with E-state index in [4.69, 9.17) is 9.47 Å². The summed E-state index contributed by atoms with van der Waals surface area (Å²) in [5, 5.41) is 2.85. The van der Waals surface area contributed by atoms with Gasteiger partial charge in [-0.1, -0.05) is 25.1 Å². The van der Waals surface area contributed by atoms with E-state index in [1.807, 2.05) is 19.1 Å². The van der Waals surface area contributed by atoms with Gasteiger partial charge in [0.15, 0.2) is 0 Å². The fourth-order valence-electron chi connectivity index (χ4n) is 3.11. The van der Waals surface area contributed by atoms with Crippen LogP contribution in [0.3, 0.4) is 0 Å². The van der Waals surface area contributed by atoms with Crippen molar-refractivity contribution < 1.29 is 22.7 Å². The van der Waals surface area contributed by atoms with E-state index in [0.29, 0.717) is 23.6 Å². The van der Waals surface area contributed by atoms with Gasteiger partial charge < -0.3 is 14.8 Å². The summed E-state index contributed by atoms with van der Waals surface area (Å²) >= 11 is 0. The molecule has 0 heterocycles. The maximum absolute atomic E-state index is 12.7. The Morgan fingerprint density at radius 3 is 2.41 bits per heavy atom. The van der Waals surface area contributed by atoms with Crippen molar-refractivity contribution in [1.82, 2.24) is 5.32 Å². The maximum atomic E-state index is 12.7. The Morgan fingerprint density at radius 1 is 1.14 bits per heavy atom. The predicted molar refractivity (Wildman–Crippen MR) is 114 cm³/mol. The lowest BCUT2D eigenvalue weighted by Crippen LogP contribution is -2.41. The molecule has 0 aliphatic carbocycles. The highest BCUT2D eigenvalue weighted by Crippen LogP contribution is 2.29. The van der Waals surface area contributed by atoms with Crippen LogP contribution in [0.1, 0.15) is 31.0 Å². The predicted octanol–water partition coefficient (Wildman–Crippen LogP) is 2.91. The number of sulfonamides is 1. The smallest absolute Gasteiger partial charge is 0.241 e. The third-order valence-electron chi connectivity index (χ3n) is 4.61. The molecule has 0 spiro atoms. The third-order valence-corrected chi connectivity index (χ3v) is 5.74. The zero-order valence-corrected chi connectivity index (χ0v) is 18.2. The standard InChI is InChI=1S/C21H28N2O5S/c1-6-16-9-7-8-10-19(16)23(29(5,25)26)14-21(24)22-15(2)18-13-17(27-3)11-12-20(18)28-4/h7-13,15H,6,14H2,1-5H3,(H,22,24)/t15-/m1/s1. The number of benzene rings is 2. The molecule has 8 heteroatoms. The summed E-state index contributed by atoms with van der Waals surface area (Å²) in [6.45, 7) is 3.43. The molecule has 0 saturated carbocycles. The molecular weight excluding hydrogens is 392 g/mol. The van der Waals surface area contributed by atoms with E-state index in [9.17, 15) is 13.2 Å². The van der Waals surface area contributed by atoms with Gasteiger partial charge >= 0.3 is 0 Å². The average Bonchev–Trinajstić information content (AvgIpc) is 2.70. The van der Waals surface area contributed by atoms with Crippen LogP contribution in [0.25, 0.3) is 0 Å². The van der Waals surface area contributed by atoms with Crippen LogP contribution in [-0.2, 0) is 21.2 Å². The highest BCUT2D eigenvalue weighted by Gasteiger charge is 2.24. The van der Waals surface area contributed by atoms with Gasteiger partial charge in [-0.2, -0.15) is 0 Å². The minimum absolute atomic E-state index is 0.313. The van der Waals surface area contributed by atoms with Gasteiger partial charge in [-0.05, 0) is 43.2 Å². The fraction of sp³-hybridized carbons (Fsp3) is 0.381. The lowest BCUT2D eigenvalue weighted by Gasteiger charge is -2.25. The van der Waals surface area contributed by atoms with Gasteiger partial charge in [0, 0.05) is 5.56 Å². The van der Waals surface area contributed by atoms with Gasteiger partial charge in [0.05, 0.1) is 32.2 Å². The van der Waals surface area contributed by atoms with Crippen LogP contribution in [0.5, 0.6) is 11.5 Å². The SMILES string of the molecule is CCc1ccccc1N(CC(=O)N[C@H](C)c1cc(OC)ccc1OC)S(C)(=O)=O. The Labute approximate surface area is 172 Å². The van der Waals surface area contributed by atoms with E-state index in [-0.39, 0.29) is 6.54 Å². The van der Waals surface area contributed by atoms with Crippen molar-refractivity contribution in [1.29, 1.82) is 0 Å². The van der Waals surface area contributed by atoms with Crippen LogP contribution in [0.4, 0.5) is 5.69 Å². The Hall–Kier alpha value is -2.74. The van der Waals surface area contributed by atoms with E-state index < -0.39 is 22.0 Å². The minimum atomic E-state index is -3.64. The molecule has 0 saturated heterocycles. The molecule has 0 aliphatic heterocycles. The molecule has 1 atom stereocenters. The quantitative estimate of drug-likeness (QED) is 0.674. The molecule has 7 nitrogen and oxygen atoms in total. The topological polar surface area (TPSA) is 84.9 Å². The van der Waals surface area contributed by atoms with E-state index in [1.165, 1.54) is 0 Å². The normalized spacial score (nSPS) is 12.2. The number of nitrogens with zero attached hydrogens (tertiary/aromatic N) is 1. The second kappa shape index (κ2) is 9.65. The van der Waals surface area contributed by atoms with Crippen LogP contribution >= 0.6 is 0 Å². The largest absolute Gasteiger partial charge is 0.497 e. The van der Waals surface area contributed by atoms with Gasteiger partial charge in [-0.3, -0.25) is 9.10 Å². The Morgan fingerprint density at radius 2 is 1.83 bits per heavy atom. The van der Waals surface area contributed by atoms with Gasteiger partial charge in [0.1, 0.15) is 18.0 Å². The summed E-state index contributed by atoms with van der Waals surface area (Å²) in [6.07, 6.45) is 1.75. The van der Waals surface area contributed by atoms with E-state index in [0.717, 1.165) is 21.7 Å². The number of hydrogen-bond donors (Lipinski definition) is 1. The first kappa shape index (κ1) is 22.5. The lowest BCUT2D eigenvalue weighted by atomic mass is 10.1. The first-order chi connectivity index (χ1) is 13.7. The molecule has 0 radical (unpaired) electrons. The third kappa shape index (κ3) is 5.63. The molecular formula is C21H28N2O5S. The molecule has 2 aromatic rings. The summed E-state index contributed by atoms with van der Waals surface area (Å²) in [6, 6.07) is 12.1.